The quantitative estimate of drug-likeness (QED) is 0.871. The zero-order chi connectivity index (χ0) is 15.9. The molecule has 118 valence electrons. The van der Waals surface area contributed by atoms with Crippen molar-refractivity contribution in [2.24, 2.45) is 0 Å². The van der Waals surface area contributed by atoms with Crippen molar-refractivity contribution in [2.75, 3.05) is 10.6 Å². The van der Waals surface area contributed by atoms with Crippen molar-refractivity contribution in [1.29, 1.82) is 0 Å². The van der Waals surface area contributed by atoms with Crippen molar-refractivity contribution in [3.63, 3.8) is 0 Å². The lowest BCUT2D eigenvalue weighted by Crippen LogP contribution is -2.36. The van der Waals surface area contributed by atoms with Crippen LogP contribution in [0.25, 0.3) is 0 Å². The minimum Gasteiger partial charge on any atom is -0.325 e. The largest absolute Gasteiger partial charge is 0.325 e. The van der Waals surface area contributed by atoms with Crippen molar-refractivity contribution in [2.45, 2.75) is 37.5 Å². The van der Waals surface area contributed by atoms with Crippen molar-refractivity contribution in [3.05, 3.63) is 46.2 Å². The topological polar surface area (TPSA) is 58.2 Å². The lowest BCUT2D eigenvalue weighted by molar-refractivity contribution is -0.121. The molecule has 0 radical (unpaired) electrons. The summed E-state index contributed by atoms with van der Waals surface area (Å²) in [6.45, 7) is 0. The van der Waals surface area contributed by atoms with E-state index in [1.54, 1.807) is 6.07 Å². The van der Waals surface area contributed by atoms with E-state index >= 15 is 0 Å². The van der Waals surface area contributed by atoms with Gasteiger partial charge in [0.2, 0.25) is 5.91 Å². The van der Waals surface area contributed by atoms with Gasteiger partial charge in [0, 0.05) is 11.4 Å². The van der Waals surface area contributed by atoms with Gasteiger partial charge < -0.3 is 10.6 Å². The molecule has 1 aromatic heterocycles. The average Bonchev–Trinajstić information content (AvgIpc) is 3.18. The highest BCUT2D eigenvalue weighted by molar-refractivity contribution is 7.12. The van der Waals surface area contributed by atoms with E-state index in [9.17, 15) is 9.59 Å². The second kappa shape index (κ2) is 5.49. The molecule has 0 unspecified atom stereocenters. The standard InChI is InChI=1S/C18H18N2O2S/c21-16(15-5-4-10-23-15)19-12-6-7-14-13(11-12)18(17(22)20-14)8-2-1-3-9-18/h4-7,10-11H,1-3,8-9H2,(H,19,21)(H,20,22). The Morgan fingerprint density at radius 1 is 1.17 bits per heavy atom. The minimum absolute atomic E-state index is 0.102. The van der Waals surface area contributed by atoms with E-state index in [1.165, 1.54) is 17.8 Å². The number of nitrogens with one attached hydrogen (secondary N) is 2. The summed E-state index contributed by atoms with van der Waals surface area (Å²) in [5.74, 6) is 0.0175. The zero-order valence-electron chi connectivity index (χ0n) is 12.7. The molecule has 1 aliphatic heterocycles. The van der Waals surface area contributed by atoms with Gasteiger partial charge in [0.15, 0.2) is 0 Å². The van der Waals surface area contributed by atoms with Gasteiger partial charge in [0.1, 0.15) is 0 Å². The number of fused-ring (bicyclic) bond motifs is 2. The summed E-state index contributed by atoms with van der Waals surface area (Å²) in [6.07, 6.45) is 5.15. The van der Waals surface area contributed by atoms with Crippen LogP contribution in [0.5, 0.6) is 0 Å². The second-order valence-corrected chi connectivity index (χ2v) is 7.24. The Labute approximate surface area is 138 Å². The fourth-order valence-electron chi connectivity index (χ4n) is 3.74. The molecule has 23 heavy (non-hydrogen) atoms. The molecule has 5 heteroatoms. The fraction of sp³-hybridized carbons (Fsp3) is 0.333. The summed E-state index contributed by atoms with van der Waals surface area (Å²) >= 11 is 1.42. The van der Waals surface area contributed by atoms with Crippen LogP contribution >= 0.6 is 11.3 Å². The van der Waals surface area contributed by atoms with Crippen LogP contribution in [-0.4, -0.2) is 11.8 Å². The first-order valence-electron chi connectivity index (χ1n) is 8.00. The molecule has 1 spiro atoms. The first kappa shape index (κ1) is 14.5. The summed E-state index contributed by atoms with van der Waals surface area (Å²) < 4.78 is 0. The maximum Gasteiger partial charge on any atom is 0.265 e. The lowest BCUT2D eigenvalue weighted by atomic mass is 9.70. The number of carbonyl (C=O) groups excluding carboxylic acids is 2. The third-order valence-corrected chi connectivity index (χ3v) is 5.80. The van der Waals surface area contributed by atoms with Crippen molar-refractivity contribution in [3.8, 4) is 0 Å². The summed E-state index contributed by atoms with van der Waals surface area (Å²) in [5, 5.41) is 7.85. The Hall–Kier alpha value is -2.14. The number of hydrogen-bond donors (Lipinski definition) is 2. The Morgan fingerprint density at radius 3 is 2.74 bits per heavy atom. The van der Waals surface area contributed by atoms with E-state index in [2.05, 4.69) is 10.6 Å². The van der Waals surface area contributed by atoms with Gasteiger partial charge in [0.25, 0.3) is 5.91 Å². The maximum atomic E-state index is 12.5. The second-order valence-electron chi connectivity index (χ2n) is 6.29. The SMILES string of the molecule is O=C(Nc1ccc2c(c1)C1(CCCCC1)C(=O)N2)c1cccs1. The summed E-state index contributed by atoms with van der Waals surface area (Å²) in [4.78, 5) is 25.4. The molecule has 2 amide bonds. The van der Waals surface area contributed by atoms with Gasteiger partial charge in [-0.25, -0.2) is 0 Å². The fourth-order valence-corrected chi connectivity index (χ4v) is 4.36. The average molecular weight is 326 g/mol. The van der Waals surface area contributed by atoms with Crippen LogP contribution in [0.3, 0.4) is 0 Å². The van der Waals surface area contributed by atoms with Crippen LogP contribution in [0.15, 0.2) is 35.7 Å². The molecule has 2 N–H and O–H groups in total. The Morgan fingerprint density at radius 2 is 2.00 bits per heavy atom. The number of thiophene rings is 1. The summed E-state index contributed by atoms with van der Waals surface area (Å²) in [5.41, 5.74) is 2.30. The smallest absolute Gasteiger partial charge is 0.265 e. The van der Waals surface area contributed by atoms with E-state index < -0.39 is 5.41 Å². The Bertz CT molecular complexity index is 761. The van der Waals surface area contributed by atoms with Gasteiger partial charge in [-0.2, -0.15) is 0 Å². The molecule has 4 nitrogen and oxygen atoms in total. The molecule has 1 aliphatic carbocycles. The zero-order valence-corrected chi connectivity index (χ0v) is 13.5. The molecular weight excluding hydrogens is 308 g/mol. The number of anilines is 2. The monoisotopic (exact) mass is 326 g/mol. The molecule has 1 saturated carbocycles. The van der Waals surface area contributed by atoms with E-state index in [4.69, 9.17) is 0 Å². The van der Waals surface area contributed by atoms with Crippen molar-refractivity contribution in [1.82, 2.24) is 0 Å². The Kier molecular flexibility index (Phi) is 3.45. The van der Waals surface area contributed by atoms with Crippen LogP contribution in [0.2, 0.25) is 0 Å². The Balaban J connectivity index is 1.65. The highest BCUT2D eigenvalue weighted by Gasteiger charge is 2.47. The van der Waals surface area contributed by atoms with E-state index in [1.807, 2.05) is 29.6 Å². The number of rotatable bonds is 2. The highest BCUT2D eigenvalue weighted by Crippen LogP contribution is 2.48. The highest BCUT2D eigenvalue weighted by atomic mass is 32.1. The van der Waals surface area contributed by atoms with Gasteiger partial charge in [-0.15, -0.1) is 11.3 Å². The van der Waals surface area contributed by atoms with Crippen LogP contribution < -0.4 is 10.6 Å². The first-order chi connectivity index (χ1) is 11.2. The predicted molar refractivity (Wildman–Crippen MR) is 92.1 cm³/mol. The maximum absolute atomic E-state index is 12.5. The van der Waals surface area contributed by atoms with Gasteiger partial charge in [-0.05, 0) is 48.1 Å². The van der Waals surface area contributed by atoms with E-state index in [0.29, 0.717) is 4.88 Å². The summed E-state index contributed by atoms with van der Waals surface area (Å²) in [6, 6.07) is 9.40. The van der Waals surface area contributed by atoms with Gasteiger partial charge in [-0.1, -0.05) is 25.3 Å². The van der Waals surface area contributed by atoms with Gasteiger partial charge in [-0.3, -0.25) is 9.59 Å². The molecule has 0 atom stereocenters. The van der Waals surface area contributed by atoms with Crippen molar-refractivity contribution >= 4 is 34.5 Å². The molecule has 2 aromatic rings. The molecule has 0 saturated heterocycles. The lowest BCUT2D eigenvalue weighted by Gasteiger charge is -2.31. The minimum atomic E-state index is -0.392. The third-order valence-electron chi connectivity index (χ3n) is 4.93. The summed E-state index contributed by atoms with van der Waals surface area (Å²) in [7, 11) is 0. The third kappa shape index (κ3) is 2.36. The molecule has 2 aliphatic rings. The molecule has 4 rings (SSSR count). The number of hydrogen-bond acceptors (Lipinski definition) is 3. The van der Waals surface area contributed by atoms with Crippen LogP contribution in [0.1, 0.15) is 47.3 Å². The normalized spacial score (nSPS) is 18.5. The van der Waals surface area contributed by atoms with Gasteiger partial charge in [0.05, 0.1) is 10.3 Å². The molecule has 2 heterocycles. The van der Waals surface area contributed by atoms with E-state index in [-0.39, 0.29) is 11.8 Å². The van der Waals surface area contributed by atoms with Crippen LogP contribution in [-0.2, 0) is 10.2 Å². The van der Waals surface area contributed by atoms with Crippen LogP contribution in [0, 0.1) is 0 Å². The number of benzene rings is 1. The first-order valence-corrected chi connectivity index (χ1v) is 8.88. The number of amides is 2. The van der Waals surface area contributed by atoms with Crippen LogP contribution in [0.4, 0.5) is 11.4 Å². The predicted octanol–water partition coefficient (Wildman–Crippen LogP) is 4.15. The molecule has 1 aromatic carbocycles. The van der Waals surface area contributed by atoms with E-state index in [0.717, 1.165) is 42.6 Å². The molecule has 0 bridgehead atoms. The van der Waals surface area contributed by atoms with Gasteiger partial charge >= 0.3 is 0 Å². The number of carbonyl (C=O) groups is 2. The van der Waals surface area contributed by atoms with Crippen molar-refractivity contribution < 1.29 is 9.59 Å². The molecule has 1 fully saturated rings. The molecular formula is C18H18N2O2S.